The Labute approximate surface area is 166 Å². The van der Waals surface area contributed by atoms with Crippen LogP contribution < -0.4 is 4.90 Å². The van der Waals surface area contributed by atoms with Crippen molar-refractivity contribution < 1.29 is 9.53 Å². The molecule has 0 saturated carbocycles. The number of hydrogen-bond acceptors (Lipinski definition) is 3. The van der Waals surface area contributed by atoms with Crippen LogP contribution in [0.2, 0.25) is 5.02 Å². The summed E-state index contributed by atoms with van der Waals surface area (Å²) in [4.78, 5) is 17.1. The lowest BCUT2D eigenvalue weighted by Gasteiger charge is -2.38. The summed E-state index contributed by atoms with van der Waals surface area (Å²) in [5, 5.41) is 0.675. The summed E-state index contributed by atoms with van der Waals surface area (Å²) in [5.74, 6) is 0.00237. The lowest BCUT2D eigenvalue weighted by Crippen LogP contribution is -2.49. The van der Waals surface area contributed by atoms with E-state index in [1.165, 1.54) is 5.56 Å². The minimum atomic E-state index is 0.00237. The summed E-state index contributed by atoms with van der Waals surface area (Å²) in [6.07, 6.45) is 2.99. The molecule has 4 nitrogen and oxygen atoms in total. The van der Waals surface area contributed by atoms with Gasteiger partial charge in [0.2, 0.25) is 0 Å². The molecule has 0 spiro atoms. The molecule has 1 heterocycles. The van der Waals surface area contributed by atoms with E-state index in [2.05, 4.69) is 35.2 Å². The molecule has 1 amide bonds. The number of rotatable bonds is 7. The van der Waals surface area contributed by atoms with Crippen molar-refractivity contribution in [3.8, 4) is 0 Å². The highest BCUT2D eigenvalue weighted by Gasteiger charge is 2.29. The van der Waals surface area contributed by atoms with Crippen LogP contribution in [0.15, 0.2) is 54.6 Å². The molecule has 1 fully saturated rings. The van der Waals surface area contributed by atoms with Gasteiger partial charge in [0.05, 0.1) is 0 Å². The molecular weight excluding hydrogens is 360 g/mol. The van der Waals surface area contributed by atoms with E-state index < -0.39 is 0 Å². The van der Waals surface area contributed by atoms with E-state index in [9.17, 15) is 4.79 Å². The fraction of sp³-hybridized carbons (Fsp3) is 0.409. The molecule has 1 aliphatic rings. The fourth-order valence-corrected chi connectivity index (χ4v) is 3.81. The number of likely N-dealkylation sites (tertiary alicyclic amines) is 1. The second-order valence-electron chi connectivity index (χ2n) is 6.98. The lowest BCUT2D eigenvalue weighted by atomic mass is 10.0. The van der Waals surface area contributed by atoms with Gasteiger partial charge in [-0.3, -0.25) is 4.79 Å². The lowest BCUT2D eigenvalue weighted by molar-refractivity contribution is -0.122. The maximum atomic E-state index is 12.7. The van der Waals surface area contributed by atoms with Gasteiger partial charge in [0, 0.05) is 43.5 Å². The van der Waals surface area contributed by atoms with Gasteiger partial charge in [-0.15, -0.1) is 0 Å². The van der Waals surface area contributed by atoms with Crippen molar-refractivity contribution in [1.82, 2.24) is 4.90 Å². The molecule has 1 saturated heterocycles. The van der Waals surface area contributed by atoms with Crippen LogP contribution in [-0.4, -0.2) is 50.2 Å². The van der Waals surface area contributed by atoms with Crippen LogP contribution in [-0.2, 0) is 16.0 Å². The first-order valence-corrected chi connectivity index (χ1v) is 9.88. The van der Waals surface area contributed by atoms with Gasteiger partial charge >= 0.3 is 0 Å². The van der Waals surface area contributed by atoms with Crippen LogP contribution >= 0.6 is 11.6 Å². The Morgan fingerprint density at radius 3 is 2.41 bits per heavy atom. The number of halogens is 1. The molecule has 3 rings (SSSR count). The highest BCUT2D eigenvalue weighted by Crippen LogP contribution is 2.25. The van der Waals surface area contributed by atoms with Gasteiger partial charge in [0.15, 0.2) is 0 Å². The van der Waals surface area contributed by atoms with E-state index in [4.69, 9.17) is 16.3 Å². The number of piperidine rings is 1. The van der Waals surface area contributed by atoms with E-state index in [0.717, 1.165) is 44.6 Å². The summed E-state index contributed by atoms with van der Waals surface area (Å²) in [6, 6.07) is 18.3. The van der Waals surface area contributed by atoms with Crippen molar-refractivity contribution in [2.45, 2.75) is 25.3 Å². The topological polar surface area (TPSA) is 32.8 Å². The zero-order valence-electron chi connectivity index (χ0n) is 15.8. The monoisotopic (exact) mass is 386 g/mol. The van der Waals surface area contributed by atoms with E-state index in [0.29, 0.717) is 5.02 Å². The molecule has 0 atom stereocenters. The summed E-state index contributed by atoms with van der Waals surface area (Å²) >= 11 is 6.01. The van der Waals surface area contributed by atoms with Gasteiger partial charge in [0.25, 0.3) is 5.91 Å². The first-order chi connectivity index (χ1) is 13.2. The Balaban J connectivity index is 1.60. The molecule has 144 valence electrons. The smallest absolute Gasteiger partial charge is 0.253 e. The van der Waals surface area contributed by atoms with Crippen LogP contribution in [0.3, 0.4) is 0 Å². The first kappa shape index (κ1) is 19.9. The number of anilines is 1. The van der Waals surface area contributed by atoms with Crippen molar-refractivity contribution in [2.75, 3.05) is 38.3 Å². The molecule has 0 aromatic heterocycles. The number of methoxy groups -OCH3 is 1. The Morgan fingerprint density at radius 2 is 1.78 bits per heavy atom. The molecule has 0 unspecified atom stereocenters. The number of benzene rings is 2. The van der Waals surface area contributed by atoms with Gasteiger partial charge in [0.1, 0.15) is 6.61 Å². The maximum Gasteiger partial charge on any atom is 0.253 e. The van der Waals surface area contributed by atoms with Gasteiger partial charge in [-0.1, -0.05) is 41.9 Å². The summed E-state index contributed by atoms with van der Waals surface area (Å²) in [7, 11) is 1.56. The molecule has 5 heteroatoms. The normalized spacial score (nSPS) is 15.6. The number of carbonyl (C=O) groups excluding carboxylic acids is 1. The van der Waals surface area contributed by atoms with Gasteiger partial charge in [-0.05, 0) is 49.1 Å². The van der Waals surface area contributed by atoms with Crippen LogP contribution in [0.1, 0.15) is 18.4 Å². The van der Waals surface area contributed by atoms with Crippen LogP contribution in [0.4, 0.5) is 5.69 Å². The Morgan fingerprint density at radius 1 is 1.11 bits per heavy atom. The third-order valence-corrected chi connectivity index (χ3v) is 5.38. The Kier molecular flexibility index (Phi) is 7.27. The van der Waals surface area contributed by atoms with E-state index >= 15 is 0 Å². The second-order valence-corrected chi connectivity index (χ2v) is 7.42. The van der Waals surface area contributed by atoms with Crippen LogP contribution in [0.5, 0.6) is 0 Å². The molecule has 2 aromatic rings. The number of hydrogen-bond donors (Lipinski definition) is 0. The largest absolute Gasteiger partial charge is 0.375 e. The first-order valence-electron chi connectivity index (χ1n) is 9.50. The minimum Gasteiger partial charge on any atom is -0.375 e. The van der Waals surface area contributed by atoms with Crippen LogP contribution in [0.25, 0.3) is 0 Å². The van der Waals surface area contributed by atoms with Crippen LogP contribution in [0, 0.1) is 0 Å². The quantitative estimate of drug-likeness (QED) is 0.720. The molecular formula is C22H27ClN2O2. The molecule has 0 aliphatic carbocycles. The summed E-state index contributed by atoms with van der Waals surface area (Å²) in [5.41, 5.74) is 2.27. The molecule has 2 aromatic carbocycles. The number of amides is 1. The Bertz CT molecular complexity index is 713. The minimum absolute atomic E-state index is 0.00237. The van der Waals surface area contributed by atoms with E-state index in [-0.39, 0.29) is 18.6 Å². The molecule has 1 aliphatic heterocycles. The molecule has 0 N–H and O–H groups in total. The zero-order chi connectivity index (χ0) is 19.1. The third kappa shape index (κ3) is 5.55. The van der Waals surface area contributed by atoms with Gasteiger partial charge in [-0.2, -0.15) is 0 Å². The predicted molar refractivity (Wildman–Crippen MR) is 110 cm³/mol. The number of nitrogens with zero attached hydrogens (tertiary/aromatic N) is 2. The number of ether oxygens (including phenoxy) is 1. The highest BCUT2D eigenvalue weighted by atomic mass is 35.5. The van der Waals surface area contributed by atoms with Gasteiger partial charge in [-0.25, -0.2) is 0 Å². The SMILES string of the molecule is COCC(=O)N(c1ccc(Cl)cc1)C1CCN(CCc2ccccc2)CC1. The van der Waals surface area contributed by atoms with Crippen molar-refractivity contribution in [3.05, 3.63) is 65.2 Å². The van der Waals surface area contributed by atoms with Crippen molar-refractivity contribution in [2.24, 2.45) is 0 Å². The third-order valence-electron chi connectivity index (χ3n) is 5.12. The average Bonchev–Trinajstić information content (AvgIpc) is 2.70. The zero-order valence-corrected chi connectivity index (χ0v) is 16.6. The predicted octanol–water partition coefficient (Wildman–Crippen LogP) is 4.03. The summed E-state index contributed by atoms with van der Waals surface area (Å²) in [6.45, 7) is 3.16. The average molecular weight is 387 g/mol. The summed E-state index contributed by atoms with van der Waals surface area (Å²) < 4.78 is 5.10. The van der Waals surface area contributed by atoms with Gasteiger partial charge < -0.3 is 14.5 Å². The molecule has 27 heavy (non-hydrogen) atoms. The van der Waals surface area contributed by atoms with Crippen molar-refractivity contribution in [1.29, 1.82) is 0 Å². The fourth-order valence-electron chi connectivity index (χ4n) is 3.69. The molecule has 0 radical (unpaired) electrons. The Hall–Kier alpha value is -1.88. The standard InChI is InChI=1S/C22H27ClN2O2/c1-27-17-22(26)25(20-9-7-19(23)8-10-20)21-12-15-24(16-13-21)14-11-18-5-3-2-4-6-18/h2-10,21H,11-17H2,1H3. The second kappa shape index (κ2) is 9.88. The maximum absolute atomic E-state index is 12.7. The number of carbonyl (C=O) groups is 1. The highest BCUT2D eigenvalue weighted by molar-refractivity contribution is 6.30. The van der Waals surface area contributed by atoms with Crippen molar-refractivity contribution in [3.63, 3.8) is 0 Å². The molecule has 0 bridgehead atoms. The van der Waals surface area contributed by atoms with E-state index in [1.807, 2.05) is 29.2 Å². The van der Waals surface area contributed by atoms with Crippen molar-refractivity contribution >= 4 is 23.2 Å². The van der Waals surface area contributed by atoms with E-state index in [1.54, 1.807) is 7.11 Å².